The summed E-state index contributed by atoms with van der Waals surface area (Å²) in [5.74, 6) is 0.383. The summed E-state index contributed by atoms with van der Waals surface area (Å²) in [7, 11) is -1.30. The number of nitrogens with zero attached hydrogens (tertiary/aromatic N) is 1. The second kappa shape index (κ2) is 6.56. The van der Waals surface area contributed by atoms with E-state index in [2.05, 4.69) is 5.32 Å². The van der Waals surface area contributed by atoms with Crippen LogP contribution in [-0.4, -0.2) is 55.1 Å². The number of hydrogen-bond acceptors (Lipinski definition) is 4. The first-order chi connectivity index (χ1) is 10.3. The van der Waals surface area contributed by atoms with Gasteiger partial charge in [0, 0.05) is 19.1 Å². The second-order valence-electron chi connectivity index (χ2n) is 5.88. The zero-order valence-electron chi connectivity index (χ0n) is 12.8. The molecule has 122 valence electrons. The highest BCUT2D eigenvalue weighted by Gasteiger charge is 2.30. The van der Waals surface area contributed by atoms with Gasteiger partial charge in [-0.05, 0) is 37.5 Å². The number of nitrogens with one attached hydrogen (secondary N) is 1. The van der Waals surface area contributed by atoms with Crippen LogP contribution in [0.1, 0.15) is 18.9 Å². The number of sulfone groups is 1. The molecular weight excluding hydrogens is 304 g/mol. The van der Waals surface area contributed by atoms with Gasteiger partial charge in [0.2, 0.25) is 0 Å². The smallest absolute Gasteiger partial charge is 0.317 e. The molecule has 1 aromatic carbocycles. The number of aromatic hydroxyl groups is 1. The van der Waals surface area contributed by atoms with Crippen molar-refractivity contribution >= 4 is 15.9 Å². The largest absolute Gasteiger partial charge is 0.508 e. The fourth-order valence-corrected chi connectivity index (χ4v) is 4.17. The van der Waals surface area contributed by atoms with Crippen molar-refractivity contribution in [1.82, 2.24) is 10.2 Å². The Bertz CT molecular complexity index is 627. The van der Waals surface area contributed by atoms with Crippen LogP contribution in [0.2, 0.25) is 0 Å². The number of likely N-dealkylation sites (N-methyl/N-ethyl adjacent to an activating group) is 1. The number of benzene rings is 1. The molecule has 0 aliphatic carbocycles. The highest BCUT2D eigenvalue weighted by molar-refractivity contribution is 7.91. The quantitative estimate of drug-likeness (QED) is 0.869. The van der Waals surface area contributed by atoms with Gasteiger partial charge in [-0.25, -0.2) is 13.2 Å². The Morgan fingerprint density at radius 3 is 2.59 bits per heavy atom. The Labute approximate surface area is 131 Å². The van der Waals surface area contributed by atoms with Gasteiger partial charge in [0.05, 0.1) is 11.5 Å². The molecule has 2 N–H and O–H groups in total. The Kier molecular flexibility index (Phi) is 4.95. The Morgan fingerprint density at radius 1 is 1.41 bits per heavy atom. The van der Waals surface area contributed by atoms with E-state index in [9.17, 15) is 18.3 Å². The Balaban J connectivity index is 1.88. The van der Waals surface area contributed by atoms with Crippen molar-refractivity contribution < 1.29 is 18.3 Å². The van der Waals surface area contributed by atoms with Crippen LogP contribution in [0.5, 0.6) is 5.75 Å². The first kappa shape index (κ1) is 16.6. The molecule has 0 spiro atoms. The number of phenolic OH excluding ortho intramolecular Hbond substituents is 1. The van der Waals surface area contributed by atoms with Crippen LogP contribution >= 0.6 is 0 Å². The van der Waals surface area contributed by atoms with E-state index in [-0.39, 0.29) is 35.4 Å². The molecule has 1 aliphatic rings. The summed E-state index contributed by atoms with van der Waals surface area (Å²) >= 11 is 0. The third-order valence-corrected chi connectivity index (χ3v) is 5.78. The number of urea groups is 1. The van der Waals surface area contributed by atoms with Crippen molar-refractivity contribution in [2.24, 2.45) is 0 Å². The van der Waals surface area contributed by atoms with E-state index in [4.69, 9.17) is 0 Å². The number of phenols is 1. The molecule has 22 heavy (non-hydrogen) atoms. The molecular formula is C15H22N2O4S. The van der Waals surface area contributed by atoms with Gasteiger partial charge < -0.3 is 15.3 Å². The van der Waals surface area contributed by atoms with Crippen molar-refractivity contribution in [2.75, 3.05) is 18.6 Å². The highest BCUT2D eigenvalue weighted by Crippen LogP contribution is 2.14. The fraction of sp³-hybridized carbons (Fsp3) is 0.533. The van der Waals surface area contributed by atoms with Crippen LogP contribution < -0.4 is 5.32 Å². The maximum atomic E-state index is 12.2. The summed E-state index contributed by atoms with van der Waals surface area (Å²) in [6, 6.07) is 6.29. The van der Waals surface area contributed by atoms with E-state index in [1.54, 1.807) is 24.1 Å². The monoisotopic (exact) mass is 326 g/mol. The van der Waals surface area contributed by atoms with Crippen LogP contribution in [-0.2, 0) is 16.3 Å². The lowest BCUT2D eigenvalue weighted by atomic mass is 10.1. The molecule has 6 nitrogen and oxygen atoms in total. The number of carbonyl (C=O) groups excluding carboxylic acids is 1. The maximum absolute atomic E-state index is 12.2. The van der Waals surface area contributed by atoms with Gasteiger partial charge in [-0.3, -0.25) is 0 Å². The number of carbonyl (C=O) groups is 1. The molecule has 0 bridgehead atoms. The molecule has 1 aromatic rings. The predicted octanol–water partition coefficient (Wildman–Crippen LogP) is 1.15. The average Bonchev–Trinajstić information content (AvgIpc) is 2.79. The second-order valence-corrected chi connectivity index (χ2v) is 8.11. The van der Waals surface area contributed by atoms with E-state index in [1.807, 2.05) is 19.1 Å². The SMILES string of the molecule is C[C@@H](Cc1ccc(O)cc1)N(C)C(=O)N[C@H]1CCS(=O)(=O)C1. The lowest BCUT2D eigenvalue weighted by Gasteiger charge is -2.26. The number of rotatable bonds is 4. The van der Waals surface area contributed by atoms with Crippen molar-refractivity contribution in [3.8, 4) is 5.75 Å². The zero-order valence-corrected chi connectivity index (χ0v) is 13.6. The minimum absolute atomic E-state index is 0.0267. The van der Waals surface area contributed by atoms with Gasteiger partial charge in [0.25, 0.3) is 0 Å². The molecule has 0 saturated carbocycles. The Morgan fingerprint density at radius 2 is 2.05 bits per heavy atom. The van der Waals surface area contributed by atoms with E-state index in [1.165, 1.54) is 0 Å². The van der Waals surface area contributed by atoms with Crippen molar-refractivity contribution in [2.45, 2.75) is 31.8 Å². The van der Waals surface area contributed by atoms with Crippen molar-refractivity contribution in [1.29, 1.82) is 0 Å². The normalized spacial score (nSPS) is 21.3. The summed E-state index contributed by atoms with van der Waals surface area (Å²) < 4.78 is 22.8. The number of amides is 2. The van der Waals surface area contributed by atoms with Gasteiger partial charge in [-0.2, -0.15) is 0 Å². The molecule has 7 heteroatoms. The molecule has 0 radical (unpaired) electrons. The van der Waals surface area contributed by atoms with Crippen LogP contribution in [0.3, 0.4) is 0 Å². The third kappa shape index (κ3) is 4.37. The highest BCUT2D eigenvalue weighted by atomic mass is 32.2. The molecule has 0 unspecified atom stereocenters. The summed E-state index contributed by atoms with van der Waals surface area (Å²) in [4.78, 5) is 13.8. The molecule has 1 aliphatic heterocycles. The van der Waals surface area contributed by atoms with Gasteiger partial charge in [-0.1, -0.05) is 12.1 Å². The van der Waals surface area contributed by atoms with Crippen LogP contribution in [0.4, 0.5) is 4.79 Å². The van der Waals surface area contributed by atoms with Crippen LogP contribution in [0, 0.1) is 0 Å². The lowest BCUT2D eigenvalue weighted by molar-refractivity contribution is 0.190. The molecule has 1 saturated heterocycles. The Hall–Kier alpha value is -1.76. The predicted molar refractivity (Wildman–Crippen MR) is 84.6 cm³/mol. The maximum Gasteiger partial charge on any atom is 0.317 e. The minimum atomic E-state index is -3.00. The molecule has 2 rings (SSSR count). The van der Waals surface area contributed by atoms with Gasteiger partial charge >= 0.3 is 6.03 Å². The van der Waals surface area contributed by atoms with Crippen LogP contribution in [0.15, 0.2) is 24.3 Å². The van der Waals surface area contributed by atoms with E-state index in [0.717, 1.165) is 5.56 Å². The minimum Gasteiger partial charge on any atom is -0.508 e. The third-order valence-electron chi connectivity index (χ3n) is 4.01. The molecule has 2 amide bonds. The molecule has 1 heterocycles. The summed E-state index contributed by atoms with van der Waals surface area (Å²) in [5.41, 5.74) is 1.02. The zero-order chi connectivity index (χ0) is 16.3. The van der Waals surface area contributed by atoms with Crippen LogP contribution in [0.25, 0.3) is 0 Å². The van der Waals surface area contributed by atoms with Crippen molar-refractivity contribution in [3.05, 3.63) is 29.8 Å². The topological polar surface area (TPSA) is 86.7 Å². The van der Waals surface area contributed by atoms with Gasteiger partial charge in [0.1, 0.15) is 5.75 Å². The molecule has 1 fully saturated rings. The van der Waals surface area contributed by atoms with E-state index < -0.39 is 9.84 Å². The summed E-state index contributed by atoms with van der Waals surface area (Å²) in [6.07, 6.45) is 1.14. The van der Waals surface area contributed by atoms with Crippen molar-refractivity contribution in [3.63, 3.8) is 0 Å². The number of hydrogen-bond donors (Lipinski definition) is 2. The first-order valence-electron chi connectivity index (χ1n) is 7.28. The fourth-order valence-electron chi connectivity index (χ4n) is 2.50. The van der Waals surface area contributed by atoms with Gasteiger partial charge in [-0.15, -0.1) is 0 Å². The first-order valence-corrected chi connectivity index (χ1v) is 9.10. The lowest BCUT2D eigenvalue weighted by Crippen LogP contribution is -2.47. The van der Waals surface area contributed by atoms with Gasteiger partial charge in [0.15, 0.2) is 9.84 Å². The summed E-state index contributed by atoms with van der Waals surface area (Å²) in [5, 5.41) is 12.0. The standard InChI is InChI=1S/C15H22N2O4S/c1-11(9-12-3-5-14(18)6-4-12)17(2)15(19)16-13-7-8-22(20,21)10-13/h3-6,11,13,18H,7-10H2,1-2H3,(H,16,19)/t11-,13-/m0/s1. The average molecular weight is 326 g/mol. The molecule has 0 aromatic heterocycles. The van der Waals surface area contributed by atoms with E-state index >= 15 is 0 Å². The molecule has 2 atom stereocenters. The summed E-state index contributed by atoms with van der Waals surface area (Å²) in [6.45, 7) is 1.93. The van der Waals surface area contributed by atoms with E-state index in [0.29, 0.717) is 12.8 Å².